The lowest BCUT2D eigenvalue weighted by atomic mass is 9.78. The van der Waals surface area contributed by atoms with Gasteiger partial charge in [-0.05, 0) is 84.4 Å². The quantitative estimate of drug-likeness (QED) is 0.276. The highest BCUT2D eigenvalue weighted by Crippen LogP contribution is 2.36. The van der Waals surface area contributed by atoms with E-state index in [2.05, 4.69) is 52.3 Å². The van der Waals surface area contributed by atoms with E-state index >= 15 is 0 Å². The lowest BCUT2D eigenvalue weighted by molar-refractivity contribution is 0.319. The topological polar surface area (TPSA) is 23.8 Å². The molecule has 1 unspecified atom stereocenters. The highest BCUT2D eigenvalue weighted by Gasteiger charge is 2.20. The van der Waals surface area contributed by atoms with Crippen LogP contribution in [0.5, 0.6) is 0 Å². The Morgan fingerprint density at radius 1 is 1.07 bits per heavy atom. The highest BCUT2D eigenvalue weighted by atomic mass is 32.2. The minimum Gasteiger partial charge on any atom is -0.206 e. The maximum Gasteiger partial charge on any atom is 0.139 e. The zero-order valence-corrected chi connectivity index (χ0v) is 17.4. The van der Waals surface area contributed by atoms with Crippen LogP contribution in [0.2, 0.25) is 0 Å². The van der Waals surface area contributed by atoms with Crippen LogP contribution in [0.15, 0.2) is 41.3 Å². The second kappa shape index (κ2) is 9.41. The minimum absolute atomic E-state index is 0.343. The average molecular weight is 395 g/mol. The van der Waals surface area contributed by atoms with Crippen LogP contribution in [-0.2, 0) is 0 Å². The molecule has 1 fully saturated rings. The largest absolute Gasteiger partial charge is 0.206 e. The molecule has 3 rings (SSSR count). The van der Waals surface area contributed by atoms with E-state index in [1.165, 1.54) is 43.7 Å². The molecule has 1 nitrogen and oxygen atoms in total. The van der Waals surface area contributed by atoms with Crippen LogP contribution < -0.4 is 5.30 Å². The lowest BCUT2D eigenvalue weighted by Gasteiger charge is -2.28. The van der Waals surface area contributed by atoms with Crippen molar-refractivity contribution in [2.45, 2.75) is 49.8 Å². The van der Waals surface area contributed by atoms with E-state index in [4.69, 9.17) is 5.26 Å². The van der Waals surface area contributed by atoms with E-state index in [9.17, 15) is 4.39 Å². The summed E-state index contributed by atoms with van der Waals surface area (Å²) < 4.78 is 14.1. The zero-order chi connectivity index (χ0) is 19.2. The van der Waals surface area contributed by atoms with E-state index in [0.29, 0.717) is 21.7 Å². The molecule has 4 heteroatoms. The van der Waals surface area contributed by atoms with Crippen molar-refractivity contribution in [3.8, 4) is 17.2 Å². The van der Waals surface area contributed by atoms with Gasteiger partial charge >= 0.3 is 0 Å². The standard InChI is InChI=1S/C23H23FNPS/c1-2-16-5-9-19(10-6-16)20-11-7-17(8-12-20)3-4-18-13-21(24)23(27-15-25)22(26)14-18/h7-8,11-14,16,19H,2,5-6,9-10,26H2,1H3. The Hall–Kier alpha value is -1.80. The maximum atomic E-state index is 14.1. The monoisotopic (exact) mass is 395 g/mol. The van der Waals surface area contributed by atoms with Gasteiger partial charge < -0.3 is 0 Å². The van der Waals surface area contributed by atoms with Crippen molar-refractivity contribution < 1.29 is 4.39 Å². The van der Waals surface area contributed by atoms with Gasteiger partial charge in [0.1, 0.15) is 11.2 Å². The summed E-state index contributed by atoms with van der Waals surface area (Å²) in [5, 5.41) is 11.3. The predicted molar refractivity (Wildman–Crippen MR) is 115 cm³/mol. The van der Waals surface area contributed by atoms with Crippen LogP contribution in [0.3, 0.4) is 0 Å². The van der Waals surface area contributed by atoms with Crippen molar-refractivity contribution in [2.24, 2.45) is 5.92 Å². The smallest absolute Gasteiger partial charge is 0.139 e. The molecule has 0 N–H and O–H groups in total. The first-order chi connectivity index (χ1) is 13.1. The Morgan fingerprint density at radius 3 is 2.33 bits per heavy atom. The SMILES string of the molecule is CCC1CCC(c2ccc(C#Cc3cc(F)c(SC#N)c(P)c3)cc2)CC1. The number of nitriles is 1. The van der Waals surface area contributed by atoms with E-state index in [1.54, 1.807) is 6.07 Å². The average Bonchev–Trinajstić information content (AvgIpc) is 2.70. The van der Waals surface area contributed by atoms with E-state index in [0.717, 1.165) is 23.2 Å². The fourth-order valence-corrected chi connectivity index (χ4v) is 4.65. The van der Waals surface area contributed by atoms with Crippen LogP contribution in [0.4, 0.5) is 4.39 Å². The molecule has 0 spiro atoms. The number of nitrogens with zero attached hydrogens (tertiary/aromatic N) is 1. The summed E-state index contributed by atoms with van der Waals surface area (Å²) in [5.74, 6) is 7.32. The molecular weight excluding hydrogens is 372 g/mol. The van der Waals surface area contributed by atoms with Gasteiger partial charge in [-0.1, -0.05) is 37.3 Å². The number of benzene rings is 2. The molecule has 0 aromatic heterocycles. The maximum absolute atomic E-state index is 14.1. The number of thioether (sulfide) groups is 1. The fraction of sp³-hybridized carbons (Fsp3) is 0.348. The van der Waals surface area contributed by atoms with Gasteiger partial charge in [0.25, 0.3) is 0 Å². The van der Waals surface area contributed by atoms with Gasteiger partial charge in [-0.3, -0.25) is 0 Å². The number of thiocyanates is 1. The van der Waals surface area contributed by atoms with Gasteiger partial charge in [0.15, 0.2) is 0 Å². The van der Waals surface area contributed by atoms with Gasteiger partial charge in [0.05, 0.1) is 4.90 Å². The first-order valence-corrected chi connectivity index (χ1v) is 10.8. The van der Waals surface area contributed by atoms with E-state index in [1.807, 2.05) is 5.40 Å². The second-order valence-electron chi connectivity index (χ2n) is 7.07. The van der Waals surface area contributed by atoms with Crippen molar-refractivity contribution >= 4 is 26.3 Å². The van der Waals surface area contributed by atoms with E-state index < -0.39 is 5.82 Å². The van der Waals surface area contributed by atoms with E-state index in [-0.39, 0.29) is 0 Å². The molecule has 0 radical (unpaired) electrons. The first-order valence-electron chi connectivity index (χ1n) is 9.37. The Labute approximate surface area is 168 Å². The van der Waals surface area contributed by atoms with Gasteiger partial charge in [-0.2, -0.15) is 5.26 Å². The molecule has 0 amide bonds. The summed E-state index contributed by atoms with van der Waals surface area (Å²) in [6.07, 6.45) is 6.55. The van der Waals surface area contributed by atoms with Crippen molar-refractivity contribution in [1.82, 2.24) is 0 Å². The number of hydrogen-bond donors (Lipinski definition) is 0. The molecule has 138 valence electrons. The Bertz CT molecular complexity index is 874. The van der Waals surface area contributed by atoms with Crippen molar-refractivity contribution in [1.29, 1.82) is 5.26 Å². The summed E-state index contributed by atoms with van der Waals surface area (Å²) >= 11 is 0.830. The molecule has 1 saturated carbocycles. The molecule has 1 aliphatic carbocycles. The predicted octanol–water partition coefficient (Wildman–Crippen LogP) is 5.98. The van der Waals surface area contributed by atoms with Crippen molar-refractivity contribution in [3.05, 3.63) is 58.9 Å². The molecule has 1 atom stereocenters. The van der Waals surface area contributed by atoms with Crippen LogP contribution in [0.25, 0.3) is 0 Å². The number of rotatable bonds is 3. The molecule has 27 heavy (non-hydrogen) atoms. The molecule has 0 aliphatic heterocycles. The third-order valence-corrected chi connectivity index (χ3v) is 6.77. The lowest BCUT2D eigenvalue weighted by Crippen LogP contribution is -2.12. The van der Waals surface area contributed by atoms with Crippen molar-refractivity contribution in [3.63, 3.8) is 0 Å². The first kappa shape index (κ1) is 19.9. The number of halogens is 1. The Kier molecular flexibility index (Phi) is 6.95. The van der Waals surface area contributed by atoms with Crippen LogP contribution in [-0.4, -0.2) is 0 Å². The summed E-state index contributed by atoms with van der Waals surface area (Å²) in [6.45, 7) is 2.29. The molecule has 2 aromatic carbocycles. The van der Waals surface area contributed by atoms with Gasteiger partial charge in [0, 0.05) is 11.1 Å². The van der Waals surface area contributed by atoms with Crippen molar-refractivity contribution in [2.75, 3.05) is 0 Å². The van der Waals surface area contributed by atoms with Gasteiger partial charge in [0.2, 0.25) is 0 Å². The summed E-state index contributed by atoms with van der Waals surface area (Å²) in [6, 6.07) is 11.7. The Balaban J connectivity index is 1.70. The number of hydrogen-bond acceptors (Lipinski definition) is 2. The fourth-order valence-electron chi connectivity index (χ4n) is 3.73. The summed E-state index contributed by atoms with van der Waals surface area (Å²) in [4.78, 5) is 0.343. The Morgan fingerprint density at radius 2 is 1.74 bits per heavy atom. The molecular formula is C23H23FNPS. The molecule has 2 aromatic rings. The third kappa shape index (κ3) is 5.13. The molecule has 0 bridgehead atoms. The molecule has 0 heterocycles. The van der Waals surface area contributed by atoms with Gasteiger partial charge in [-0.15, -0.1) is 9.24 Å². The third-order valence-electron chi connectivity index (χ3n) is 5.38. The molecule has 0 saturated heterocycles. The highest BCUT2D eigenvalue weighted by molar-refractivity contribution is 8.04. The normalized spacial score (nSPS) is 19.0. The van der Waals surface area contributed by atoms with Gasteiger partial charge in [-0.25, -0.2) is 4.39 Å². The second-order valence-corrected chi connectivity index (χ2v) is 8.48. The van der Waals surface area contributed by atoms with Crippen LogP contribution in [0.1, 0.15) is 61.6 Å². The summed E-state index contributed by atoms with van der Waals surface area (Å²) in [5.41, 5.74) is 2.95. The summed E-state index contributed by atoms with van der Waals surface area (Å²) in [7, 11) is 2.47. The zero-order valence-electron chi connectivity index (χ0n) is 15.5. The minimum atomic E-state index is -0.406. The van der Waals surface area contributed by atoms with Crippen LogP contribution in [0, 0.1) is 34.2 Å². The van der Waals surface area contributed by atoms with Crippen LogP contribution >= 0.6 is 21.0 Å². The molecule has 1 aliphatic rings.